The summed E-state index contributed by atoms with van der Waals surface area (Å²) in [5, 5.41) is 3.10. The van der Waals surface area contributed by atoms with Crippen molar-refractivity contribution in [3.63, 3.8) is 0 Å². The van der Waals surface area contributed by atoms with Crippen LogP contribution in [-0.4, -0.2) is 24.3 Å². The number of amides is 1. The van der Waals surface area contributed by atoms with E-state index in [0.29, 0.717) is 6.42 Å². The second-order valence-corrected chi connectivity index (χ2v) is 7.29. The molecule has 0 saturated carbocycles. The second-order valence-electron chi connectivity index (χ2n) is 6.12. The Morgan fingerprint density at radius 3 is 2.92 bits per heavy atom. The Morgan fingerprint density at radius 1 is 1.25 bits per heavy atom. The molecule has 1 N–H and O–H groups in total. The minimum atomic E-state index is 0.121. The van der Waals surface area contributed by atoms with E-state index in [4.69, 9.17) is 4.74 Å². The first-order valence-corrected chi connectivity index (χ1v) is 9.41. The van der Waals surface area contributed by atoms with Gasteiger partial charge in [0.25, 0.3) is 0 Å². The molecule has 1 aliphatic rings. The van der Waals surface area contributed by atoms with E-state index in [0.717, 1.165) is 31.0 Å². The average Bonchev–Trinajstić information content (AvgIpc) is 3.03. The third-order valence-electron chi connectivity index (χ3n) is 4.04. The molecule has 24 heavy (non-hydrogen) atoms. The lowest BCUT2D eigenvalue weighted by Crippen LogP contribution is -2.34. The number of hydrogen-bond acceptors (Lipinski definition) is 3. The van der Waals surface area contributed by atoms with Gasteiger partial charge in [0.1, 0.15) is 5.75 Å². The molecule has 2 aromatic carbocycles. The molecule has 0 saturated heterocycles. The molecular weight excluding hydrogens is 318 g/mol. The van der Waals surface area contributed by atoms with Crippen LogP contribution in [0.25, 0.3) is 0 Å². The fourth-order valence-electron chi connectivity index (χ4n) is 2.90. The summed E-state index contributed by atoms with van der Waals surface area (Å²) >= 11 is 1.72. The van der Waals surface area contributed by atoms with Crippen LogP contribution in [0.15, 0.2) is 53.4 Å². The Hall–Kier alpha value is -1.94. The Bertz CT molecular complexity index is 687. The summed E-state index contributed by atoms with van der Waals surface area (Å²) in [7, 11) is 0. The van der Waals surface area contributed by atoms with E-state index in [1.807, 2.05) is 24.3 Å². The van der Waals surface area contributed by atoms with Crippen LogP contribution in [0.2, 0.25) is 0 Å². The molecule has 3 nitrogen and oxygen atoms in total. The summed E-state index contributed by atoms with van der Waals surface area (Å²) in [6.07, 6.45) is 2.38. The zero-order valence-corrected chi connectivity index (χ0v) is 14.8. The monoisotopic (exact) mass is 341 g/mol. The highest BCUT2D eigenvalue weighted by Gasteiger charge is 2.14. The molecule has 4 heteroatoms. The molecule has 1 amide bonds. The quantitative estimate of drug-likeness (QED) is 0.778. The number of ether oxygens (including phenoxy) is 1. The number of nitrogens with one attached hydrogen (secondary N) is 1. The average molecular weight is 341 g/mol. The zero-order valence-electron chi connectivity index (χ0n) is 14.0. The van der Waals surface area contributed by atoms with Crippen molar-refractivity contribution in [2.24, 2.45) is 0 Å². The van der Waals surface area contributed by atoms with Crippen LogP contribution >= 0.6 is 11.8 Å². The smallest absolute Gasteiger partial charge is 0.221 e. The number of carbonyl (C=O) groups excluding carboxylic acids is 1. The standard InChI is InChI=1S/C20H23NO2S/c1-15(13-16-7-8-19-17(14-16)9-11-23-19)21-20(22)10-12-24-18-5-3-2-4-6-18/h2-8,14-15H,9-13H2,1H3,(H,21,22)/t15-/m1/s1. The van der Waals surface area contributed by atoms with Crippen molar-refractivity contribution in [3.8, 4) is 5.75 Å². The molecule has 1 heterocycles. The minimum Gasteiger partial charge on any atom is -0.493 e. The van der Waals surface area contributed by atoms with Crippen molar-refractivity contribution < 1.29 is 9.53 Å². The summed E-state index contributed by atoms with van der Waals surface area (Å²) in [6.45, 7) is 2.84. The molecule has 126 valence electrons. The Morgan fingerprint density at radius 2 is 2.08 bits per heavy atom. The van der Waals surface area contributed by atoms with E-state index in [9.17, 15) is 4.79 Å². The molecule has 1 atom stereocenters. The maximum Gasteiger partial charge on any atom is 0.221 e. The van der Waals surface area contributed by atoms with Gasteiger partial charge in [-0.15, -0.1) is 11.8 Å². The fraction of sp³-hybridized carbons (Fsp3) is 0.350. The molecule has 2 aromatic rings. The van der Waals surface area contributed by atoms with Crippen molar-refractivity contribution in [2.75, 3.05) is 12.4 Å². The van der Waals surface area contributed by atoms with E-state index in [1.165, 1.54) is 16.0 Å². The van der Waals surface area contributed by atoms with Crippen LogP contribution in [0.1, 0.15) is 24.5 Å². The van der Waals surface area contributed by atoms with Crippen LogP contribution < -0.4 is 10.1 Å². The van der Waals surface area contributed by atoms with Gasteiger partial charge in [-0.3, -0.25) is 4.79 Å². The van der Waals surface area contributed by atoms with E-state index in [2.05, 4.69) is 36.5 Å². The number of fused-ring (bicyclic) bond motifs is 1. The van der Waals surface area contributed by atoms with Gasteiger partial charge in [0.15, 0.2) is 0 Å². The summed E-state index contributed by atoms with van der Waals surface area (Å²) in [6, 6.07) is 16.7. The fourth-order valence-corrected chi connectivity index (χ4v) is 3.77. The van der Waals surface area contributed by atoms with Crippen molar-refractivity contribution in [1.29, 1.82) is 0 Å². The van der Waals surface area contributed by atoms with Gasteiger partial charge in [-0.1, -0.05) is 30.3 Å². The van der Waals surface area contributed by atoms with Gasteiger partial charge < -0.3 is 10.1 Å². The van der Waals surface area contributed by atoms with Crippen molar-refractivity contribution in [2.45, 2.75) is 37.1 Å². The first kappa shape index (κ1) is 16.9. The van der Waals surface area contributed by atoms with Crippen LogP contribution in [0.4, 0.5) is 0 Å². The van der Waals surface area contributed by atoms with Crippen molar-refractivity contribution >= 4 is 17.7 Å². The number of hydrogen-bond donors (Lipinski definition) is 1. The Balaban J connectivity index is 1.41. The summed E-state index contributed by atoms with van der Waals surface area (Å²) in [4.78, 5) is 13.3. The first-order chi connectivity index (χ1) is 11.7. The lowest BCUT2D eigenvalue weighted by Gasteiger charge is -2.14. The minimum absolute atomic E-state index is 0.121. The molecule has 0 aliphatic carbocycles. The lowest BCUT2D eigenvalue weighted by atomic mass is 10.0. The van der Waals surface area contributed by atoms with Gasteiger partial charge in [-0.2, -0.15) is 0 Å². The zero-order chi connectivity index (χ0) is 16.8. The largest absolute Gasteiger partial charge is 0.493 e. The predicted molar refractivity (Wildman–Crippen MR) is 98.7 cm³/mol. The normalized spacial score (nSPS) is 13.9. The maximum atomic E-state index is 12.1. The lowest BCUT2D eigenvalue weighted by molar-refractivity contribution is -0.121. The van der Waals surface area contributed by atoms with Crippen LogP contribution in [-0.2, 0) is 17.6 Å². The highest BCUT2D eigenvalue weighted by molar-refractivity contribution is 7.99. The van der Waals surface area contributed by atoms with Gasteiger partial charge in [-0.05, 0) is 42.7 Å². The Kier molecular flexibility index (Phi) is 5.81. The molecule has 0 bridgehead atoms. The second kappa shape index (κ2) is 8.25. The topological polar surface area (TPSA) is 38.3 Å². The van der Waals surface area contributed by atoms with E-state index in [1.54, 1.807) is 11.8 Å². The number of carbonyl (C=O) groups is 1. The molecule has 1 aliphatic heterocycles. The van der Waals surface area contributed by atoms with Crippen LogP contribution in [0.5, 0.6) is 5.75 Å². The number of thioether (sulfide) groups is 1. The molecule has 0 unspecified atom stereocenters. The SMILES string of the molecule is C[C@H](Cc1ccc2c(c1)CCO2)NC(=O)CCSc1ccccc1. The van der Waals surface area contributed by atoms with Crippen molar-refractivity contribution in [1.82, 2.24) is 5.32 Å². The van der Waals surface area contributed by atoms with Crippen LogP contribution in [0.3, 0.4) is 0 Å². The molecule has 0 fully saturated rings. The Labute approximate surface area is 147 Å². The molecule has 0 aromatic heterocycles. The predicted octanol–water partition coefficient (Wildman–Crippen LogP) is 3.85. The van der Waals surface area contributed by atoms with Gasteiger partial charge in [0, 0.05) is 29.5 Å². The third-order valence-corrected chi connectivity index (χ3v) is 5.06. The number of rotatable bonds is 7. The molecule has 0 spiro atoms. The maximum absolute atomic E-state index is 12.1. The van der Waals surface area contributed by atoms with Gasteiger partial charge in [0.05, 0.1) is 6.61 Å². The highest BCUT2D eigenvalue weighted by atomic mass is 32.2. The summed E-state index contributed by atoms with van der Waals surface area (Å²) < 4.78 is 5.53. The van der Waals surface area contributed by atoms with E-state index in [-0.39, 0.29) is 11.9 Å². The summed E-state index contributed by atoms with van der Waals surface area (Å²) in [5.41, 5.74) is 2.54. The summed E-state index contributed by atoms with van der Waals surface area (Å²) in [5.74, 6) is 1.93. The van der Waals surface area contributed by atoms with Gasteiger partial charge in [0.2, 0.25) is 5.91 Å². The van der Waals surface area contributed by atoms with E-state index >= 15 is 0 Å². The van der Waals surface area contributed by atoms with Crippen molar-refractivity contribution in [3.05, 3.63) is 59.7 Å². The van der Waals surface area contributed by atoms with E-state index < -0.39 is 0 Å². The molecule has 3 rings (SSSR count). The van der Waals surface area contributed by atoms with Gasteiger partial charge in [-0.25, -0.2) is 0 Å². The van der Waals surface area contributed by atoms with Crippen LogP contribution in [0, 0.1) is 0 Å². The highest BCUT2D eigenvalue weighted by Crippen LogP contribution is 2.26. The molecular formula is C20H23NO2S. The third kappa shape index (κ3) is 4.78. The first-order valence-electron chi connectivity index (χ1n) is 8.42. The van der Waals surface area contributed by atoms with Gasteiger partial charge >= 0.3 is 0 Å². The number of benzene rings is 2. The molecule has 0 radical (unpaired) electrons.